The Bertz CT molecular complexity index is 919. The molecule has 2 bridgehead atoms. The molecule has 3 unspecified atom stereocenters. The SMILES string of the molecule is CCC1(CC)CC(C)c2ccccc2C2=CC1(C)C(C)(CC)[n+]1ccccc12. The summed E-state index contributed by atoms with van der Waals surface area (Å²) in [6.45, 7) is 14.7. The van der Waals surface area contributed by atoms with Gasteiger partial charge in [-0.2, -0.15) is 4.57 Å². The van der Waals surface area contributed by atoms with Gasteiger partial charge in [-0.3, -0.25) is 0 Å². The van der Waals surface area contributed by atoms with Gasteiger partial charge in [-0.05, 0) is 54.7 Å². The summed E-state index contributed by atoms with van der Waals surface area (Å²) in [6, 6.07) is 15.9. The summed E-state index contributed by atoms with van der Waals surface area (Å²) in [4.78, 5) is 0. The first-order chi connectivity index (χ1) is 13.4. The third-order valence-electron chi connectivity index (χ3n) is 8.84. The summed E-state index contributed by atoms with van der Waals surface area (Å²) >= 11 is 0. The van der Waals surface area contributed by atoms with E-state index in [2.05, 4.69) is 101 Å². The van der Waals surface area contributed by atoms with Crippen LogP contribution in [0.1, 0.15) is 90.0 Å². The molecule has 3 atom stereocenters. The maximum Gasteiger partial charge on any atom is 0.213 e. The third kappa shape index (κ3) is 2.28. The summed E-state index contributed by atoms with van der Waals surface area (Å²) < 4.78 is 2.61. The molecule has 0 amide bonds. The molecule has 0 N–H and O–H groups in total. The number of pyridine rings is 1. The number of benzene rings is 1. The second-order valence-electron chi connectivity index (χ2n) is 9.52. The van der Waals surface area contributed by atoms with Crippen molar-refractivity contribution in [2.24, 2.45) is 10.8 Å². The fourth-order valence-corrected chi connectivity index (χ4v) is 6.69. The number of hydrogen-bond acceptors (Lipinski definition) is 0. The smallest absolute Gasteiger partial charge is 0.192 e. The van der Waals surface area contributed by atoms with Crippen molar-refractivity contribution in [1.29, 1.82) is 0 Å². The van der Waals surface area contributed by atoms with Crippen LogP contribution in [0.15, 0.2) is 54.7 Å². The Balaban J connectivity index is 2.16. The molecule has 4 rings (SSSR count). The van der Waals surface area contributed by atoms with Crippen molar-refractivity contribution in [2.75, 3.05) is 0 Å². The van der Waals surface area contributed by atoms with Gasteiger partial charge in [0.05, 0.1) is 11.0 Å². The lowest BCUT2D eigenvalue weighted by Crippen LogP contribution is -2.70. The third-order valence-corrected chi connectivity index (χ3v) is 8.84. The van der Waals surface area contributed by atoms with Crippen LogP contribution < -0.4 is 4.57 Å². The highest BCUT2D eigenvalue weighted by atomic mass is 15.1. The Hall–Kier alpha value is -1.89. The van der Waals surface area contributed by atoms with Crippen LogP contribution >= 0.6 is 0 Å². The molecular weight excluding hydrogens is 338 g/mol. The molecule has 28 heavy (non-hydrogen) atoms. The molecule has 0 spiro atoms. The van der Waals surface area contributed by atoms with E-state index in [9.17, 15) is 0 Å². The maximum atomic E-state index is 2.68. The number of fused-ring (bicyclic) bond motifs is 5. The summed E-state index contributed by atoms with van der Waals surface area (Å²) in [6.07, 6.45) is 9.82. The minimum Gasteiger partial charge on any atom is -0.192 e. The van der Waals surface area contributed by atoms with E-state index in [0.29, 0.717) is 5.92 Å². The van der Waals surface area contributed by atoms with Crippen LogP contribution in [0.3, 0.4) is 0 Å². The van der Waals surface area contributed by atoms with Crippen LogP contribution in [0.2, 0.25) is 0 Å². The lowest BCUT2D eigenvalue weighted by Gasteiger charge is -2.56. The summed E-state index contributed by atoms with van der Waals surface area (Å²) in [5.41, 5.74) is 6.17. The summed E-state index contributed by atoms with van der Waals surface area (Å²) in [5, 5.41) is 0. The average molecular weight is 375 g/mol. The van der Waals surface area contributed by atoms with Gasteiger partial charge < -0.3 is 0 Å². The topological polar surface area (TPSA) is 3.88 Å². The van der Waals surface area contributed by atoms with Gasteiger partial charge in [0.2, 0.25) is 5.69 Å². The van der Waals surface area contributed by atoms with Gasteiger partial charge in [-0.15, -0.1) is 0 Å². The Morgan fingerprint density at radius 2 is 1.61 bits per heavy atom. The zero-order chi connectivity index (χ0) is 20.2. The van der Waals surface area contributed by atoms with Crippen LogP contribution in [0.4, 0.5) is 0 Å². The highest BCUT2D eigenvalue weighted by Gasteiger charge is 2.63. The van der Waals surface area contributed by atoms with Crippen LogP contribution in [0.25, 0.3) is 5.57 Å². The molecule has 1 aromatic heterocycles. The minimum absolute atomic E-state index is 0.0606. The fourth-order valence-electron chi connectivity index (χ4n) is 6.69. The molecule has 0 saturated heterocycles. The normalized spacial score (nSPS) is 30.5. The van der Waals surface area contributed by atoms with Crippen LogP contribution in [-0.2, 0) is 5.54 Å². The van der Waals surface area contributed by atoms with Crippen LogP contribution in [0.5, 0.6) is 0 Å². The molecule has 1 aliphatic carbocycles. The Morgan fingerprint density at radius 3 is 2.29 bits per heavy atom. The van der Waals surface area contributed by atoms with Crippen molar-refractivity contribution in [3.05, 3.63) is 71.6 Å². The van der Waals surface area contributed by atoms with Gasteiger partial charge in [0.1, 0.15) is 0 Å². The Labute approximate surface area is 171 Å². The highest BCUT2D eigenvalue weighted by molar-refractivity contribution is 5.80. The van der Waals surface area contributed by atoms with Gasteiger partial charge in [-0.25, -0.2) is 0 Å². The Kier molecular flexibility index (Phi) is 4.56. The van der Waals surface area contributed by atoms with Crippen LogP contribution in [0, 0.1) is 10.8 Å². The quantitative estimate of drug-likeness (QED) is 0.516. The minimum atomic E-state index is 0.0606. The van der Waals surface area contributed by atoms with E-state index in [4.69, 9.17) is 0 Å². The highest BCUT2D eigenvalue weighted by Crippen LogP contribution is 2.62. The maximum absolute atomic E-state index is 2.68. The summed E-state index contributed by atoms with van der Waals surface area (Å²) in [7, 11) is 0. The van der Waals surface area contributed by atoms with E-state index < -0.39 is 0 Å². The summed E-state index contributed by atoms with van der Waals surface area (Å²) in [5.74, 6) is 0.565. The van der Waals surface area contributed by atoms with Gasteiger partial charge in [0.25, 0.3) is 0 Å². The molecule has 2 aliphatic rings. The van der Waals surface area contributed by atoms with Crippen molar-refractivity contribution < 1.29 is 4.57 Å². The first-order valence-corrected chi connectivity index (χ1v) is 11.2. The number of rotatable bonds is 3. The second-order valence-corrected chi connectivity index (χ2v) is 9.52. The van der Waals surface area contributed by atoms with Crippen molar-refractivity contribution in [3.8, 4) is 0 Å². The van der Waals surface area contributed by atoms with Gasteiger partial charge >= 0.3 is 0 Å². The lowest BCUT2D eigenvalue weighted by atomic mass is 9.48. The number of nitrogens with zero attached hydrogens (tertiary/aromatic N) is 1. The van der Waals surface area contributed by atoms with E-state index in [1.807, 2.05) is 0 Å². The van der Waals surface area contributed by atoms with E-state index in [1.165, 1.54) is 41.7 Å². The molecule has 0 saturated carbocycles. The molecule has 2 heterocycles. The molecule has 0 fully saturated rings. The Morgan fingerprint density at radius 1 is 0.929 bits per heavy atom. The molecule has 2 aromatic rings. The molecule has 1 heteroatoms. The molecular formula is C27H36N+. The first kappa shape index (κ1) is 19.4. The predicted molar refractivity (Wildman–Crippen MR) is 118 cm³/mol. The van der Waals surface area contributed by atoms with Gasteiger partial charge in [0, 0.05) is 25.5 Å². The molecule has 1 nitrogen and oxygen atoms in total. The molecule has 1 aromatic carbocycles. The predicted octanol–water partition coefficient (Wildman–Crippen LogP) is 6.86. The van der Waals surface area contributed by atoms with Gasteiger partial charge in [-0.1, -0.05) is 58.0 Å². The van der Waals surface area contributed by atoms with Crippen molar-refractivity contribution in [1.82, 2.24) is 0 Å². The van der Waals surface area contributed by atoms with E-state index in [-0.39, 0.29) is 16.4 Å². The second kappa shape index (κ2) is 6.58. The standard InChI is InChI=1S/C27H36N/c1-7-26(6)25(5)19-23(24-16-12-13-17-28(24)26)22-15-11-10-14-21(22)20(4)18-27(25,8-2)9-3/h10-17,19-20H,7-9,18H2,1-6H3/q+1. The fraction of sp³-hybridized carbons (Fsp3) is 0.519. The number of hydrogen-bond donors (Lipinski definition) is 0. The zero-order valence-electron chi connectivity index (χ0n) is 18.5. The van der Waals surface area contributed by atoms with E-state index in [1.54, 1.807) is 0 Å². The zero-order valence-corrected chi connectivity index (χ0v) is 18.5. The first-order valence-electron chi connectivity index (χ1n) is 11.2. The van der Waals surface area contributed by atoms with Crippen LogP contribution in [-0.4, -0.2) is 0 Å². The van der Waals surface area contributed by atoms with E-state index >= 15 is 0 Å². The van der Waals surface area contributed by atoms with Crippen molar-refractivity contribution >= 4 is 5.57 Å². The number of aromatic nitrogens is 1. The molecule has 1 aliphatic heterocycles. The number of allylic oxidation sites excluding steroid dienone is 1. The van der Waals surface area contributed by atoms with Crippen molar-refractivity contribution in [2.45, 2.75) is 78.7 Å². The lowest BCUT2D eigenvalue weighted by molar-refractivity contribution is -0.782. The van der Waals surface area contributed by atoms with Crippen molar-refractivity contribution in [3.63, 3.8) is 0 Å². The monoisotopic (exact) mass is 374 g/mol. The molecule has 0 radical (unpaired) electrons. The average Bonchev–Trinajstić information content (AvgIpc) is 2.73. The van der Waals surface area contributed by atoms with Gasteiger partial charge in [0.15, 0.2) is 11.7 Å². The molecule has 148 valence electrons. The largest absolute Gasteiger partial charge is 0.213 e. The van der Waals surface area contributed by atoms with E-state index in [0.717, 1.165) is 6.42 Å².